The molecule has 2 heterocycles. The van der Waals surface area contributed by atoms with Crippen LogP contribution in [0, 0.1) is 13.8 Å². The van der Waals surface area contributed by atoms with Crippen LogP contribution >= 0.6 is 0 Å². The molecule has 1 N–H and O–H groups in total. The van der Waals surface area contributed by atoms with Gasteiger partial charge in [-0.1, -0.05) is 17.7 Å². The minimum atomic E-state index is -0.0232. The highest BCUT2D eigenvalue weighted by atomic mass is 16.1. The molecular weight excluding hydrogens is 288 g/mol. The lowest BCUT2D eigenvalue weighted by Crippen LogP contribution is -2.24. The molecule has 5 heteroatoms. The Balaban J connectivity index is 1.51. The van der Waals surface area contributed by atoms with E-state index in [0.717, 1.165) is 35.3 Å². The van der Waals surface area contributed by atoms with Gasteiger partial charge in [-0.25, -0.2) is 9.50 Å². The van der Waals surface area contributed by atoms with Crippen LogP contribution < -0.4 is 5.32 Å². The lowest BCUT2D eigenvalue weighted by atomic mass is 10.1. The Morgan fingerprint density at radius 1 is 1.26 bits per heavy atom. The Morgan fingerprint density at radius 2 is 2.13 bits per heavy atom. The van der Waals surface area contributed by atoms with Crippen molar-refractivity contribution in [3.63, 3.8) is 0 Å². The van der Waals surface area contributed by atoms with Gasteiger partial charge in [-0.05, 0) is 44.4 Å². The molecule has 0 atom stereocenters. The van der Waals surface area contributed by atoms with Crippen LogP contribution in [0.4, 0.5) is 0 Å². The van der Waals surface area contributed by atoms with Crippen LogP contribution in [0.1, 0.15) is 33.6 Å². The van der Waals surface area contributed by atoms with E-state index in [1.54, 1.807) is 4.52 Å². The second kappa shape index (κ2) is 6.60. The van der Waals surface area contributed by atoms with Crippen LogP contribution in [0.15, 0.2) is 42.7 Å². The van der Waals surface area contributed by atoms with E-state index in [2.05, 4.69) is 15.4 Å². The van der Waals surface area contributed by atoms with E-state index in [-0.39, 0.29) is 5.91 Å². The lowest BCUT2D eigenvalue weighted by Gasteiger charge is -2.06. The average molecular weight is 308 g/mol. The van der Waals surface area contributed by atoms with Crippen molar-refractivity contribution in [3.8, 4) is 0 Å². The number of hydrogen-bond acceptors (Lipinski definition) is 3. The van der Waals surface area contributed by atoms with Gasteiger partial charge in [-0.3, -0.25) is 4.79 Å². The van der Waals surface area contributed by atoms with Crippen molar-refractivity contribution in [1.82, 2.24) is 19.9 Å². The molecule has 0 bridgehead atoms. The number of fused-ring (bicyclic) bond motifs is 1. The second-order valence-corrected chi connectivity index (χ2v) is 5.78. The van der Waals surface area contributed by atoms with Crippen molar-refractivity contribution >= 4 is 11.6 Å². The van der Waals surface area contributed by atoms with Crippen molar-refractivity contribution in [2.45, 2.75) is 26.7 Å². The molecule has 0 radical (unpaired) electrons. The van der Waals surface area contributed by atoms with Crippen LogP contribution in [0.25, 0.3) is 5.65 Å². The van der Waals surface area contributed by atoms with Gasteiger partial charge in [0.25, 0.3) is 5.91 Å². The second-order valence-electron chi connectivity index (χ2n) is 5.78. The summed E-state index contributed by atoms with van der Waals surface area (Å²) in [5.74, 6) is -0.0232. The fourth-order valence-corrected chi connectivity index (χ4v) is 2.55. The number of aromatic nitrogens is 3. The van der Waals surface area contributed by atoms with E-state index in [0.29, 0.717) is 12.1 Å². The summed E-state index contributed by atoms with van der Waals surface area (Å²) >= 11 is 0. The summed E-state index contributed by atoms with van der Waals surface area (Å²) in [6.07, 6.45) is 5.59. The molecule has 0 aliphatic rings. The average Bonchev–Trinajstić information content (AvgIpc) is 2.90. The molecular formula is C18H20N4O. The minimum Gasteiger partial charge on any atom is -0.352 e. The normalized spacial score (nSPS) is 10.9. The molecule has 1 aromatic carbocycles. The zero-order chi connectivity index (χ0) is 16.2. The maximum absolute atomic E-state index is 12.0. The molecule has 23 heavy (non-hydrogen) atoms. The van der Waals surface area contributed by atoms with Gasteiger partial charge < -0.3 is 5.32 Å². The third kappa shape index (κ3) is 3.74. The first kappa shape index (κ1) is 15.2. The molecule has 0 saturated carbocycles. The van der Waals surface area contributed by atoms with Gasteiger partial charge in [0.05, 0.1) is 5.69 Å². The molecule has 0 fully saturated rings. The molecule has 1 amide bonds. The maximum Gasteiger partial charge on any atom is 0.251 e. The first-order valence-corrected chi connectivity index (χ1v) is 7.77. The van der Waals surface area contributed by atoms with Crippen molar-refractivity contribution < 1.29 is 4.79 Å². The number of benzene rings is 1. The molecule has 0 spiro atoms. The van der Waals surface area contributed by atoms with Gasteiger partial charge in [0.15, 0.2) is 5.65 Å². The fraction of sp³-hybridized carbons (Fsp3) is 0.278. The molecule has 3 aromatic rings. The quantitative estimate of drug-likeness (QED) is 0.737. The monoisotopic (exact) mass is 308 g/mol. The molecule has 3 rings (SSSR count). The predicted molar refractivity (Wildman–Crippen MR) is 89.6 cm³/mol. The highest BCUT2D eigenvalue weighted by Gasteiger charge is 2.05. The van der Waals surface area contributed by atoms with Crippen LogP contribution in [0.5, 0.6) is 0 Å². The molecule has 118 valence electrons. The number of carbonyl (C=O) groups is 1. The van der Waals surface area contributed by atoms with E-state index >= 15 is 0 Å². The molecule has 0 unspecified atom stereocenters. The molecule has 0 saturated heterocycles. The van der Waals surface area contributed by atoms with E-state index in [1.165, 1.54) is 0 Å². The van der Waals surface area contributed by atoms with Gasteiger partial charge in [0.1, 0.15) is 0 Å². The van der Waals surface area contributed by atoms with Gasteiger partial charge in [-0.15, -0.1) is 0 Å². The van der Waals surface area contributed by atoms with Crippen LogP contribution in [-0.4, -0.2) is 27.0 Å². The van der Waals surface area contributed by atoms with E-state index in [4.69, 9.17) is 0 Å². The number of amides is 1. The Morgan fingerprint density at radius 3 is 2.96 bits per heavy atom. The predicted octanol–water partition coefficient (Wildman–Crippen LogP) is 2.71. The number of nitrogens with one attached hydrogen (secondary N) is 1. The summed E-state index contributed by atoms with van der Waals surface area (Å²) in [5.41, 5.74) is 4.73. The van der Waals surface area contributed by atoms with Gasteiger partial charge in [0, 0.05) is 30.6 Å². The molecule has 5 nitrogen and oxygen atoms in total. The van der Waals surface area contributed by atoms with Gasteiger partial charge in [-0.2, -0.15) is 5.10 Å². The number of hydrogen-bond donors (Lipinski definition) is 1. The smallest absolute Gasteiger partial charge is 0.251 e. The third-order valence-electron chi connectivity index (χ3n) is 3.70. The Hall–Kier alpha value is -2.69. The van der Waals surface area contributed by atoms with Crippen molar-refractivity contribution in [2.75, 3.05) is 6.54 Å². The van der Waals surface area contributed by atoms with Crippen molar-refractivity contribution in [3.05, 3.63) is 65.1 Å². The Bertz CT molecular complexity index is 838. The zero-order valence-electron chi connectivity index (χ0n) is 13.4. The molecule has 2 aromatic heterocycles. The lowest BCUT2D eigenvalue weighted by molar-refractivity contribution is 0.0953. The highest BCUT2D eigenvalue weighted by molar-refractivity contribution is 5.94. The van der Waals surface area contributed by atoms with E-state index in [1.807, 2.05) is 56.6 Å². The third-order valence-corrected chi connectivity index (χ3v) is 3.70. The van der Waals surface area contributed by atoms with Crippen LogP contribution in [-0.2, 0) is 6.42 Å². The number of carbonyl (C=O) groups excluding carboxylic acids is 1. The van der Waals surface area contributed by atoms with E-state index in [9.17, 15) is 4.79 Å². The summed E-state index contributed by atoms with van der Waals surface area (Å²) in [5, 5.41) is 7.32. The summed E-state index contributed by atoms with van der Waals surface area (Å²) in [6.45, 7) is 4.58. The number of aryl methyl sites for hydroxylation is 3. The van der Waals surface area contributed by atoms with Gasteiger partial charge >= 0.3 is 0 Å². The highest BCUT2D eigenvalue weighted by Crippen LogP contribution is 2.07. The zero-order valence-corrected chi connectivity index (χ0v) is 13.4. The van der Waals surface area contributed by atoms with Crippen LogP contribution in [0.2, 0.25) is 0 Å². The van der Waals surface area contributed by atoms with Crippen molar-refractivity contribution in [1.29, 1.82) is 0 Å². The summed E-state index contributed by atoms with van der Waals surface area (Å²) in [7, 11) is 0. The SMILES string of the molecule is Cc1cccc(C(=O)NCCCc2cnc3cc(C)nn3c2)c1. The topological polar surface area (TPSA) is 59.3 Å². The molecule has 0 aliphatic carbocycles. The Kier molecular flexibility index (Phi) is 4.37. The fourth-order valence-electron chi connectivity index (χ4n) is 2.55. The first-order chi connectivity index (χ1) is 11.1. The van der Waals surface area contributed by atoms with E-state index < -0.39 is 0 Å². The standard InChI is InChI=1S/C18H20N4O/c1-13-5-3-7-16(9-13)18(23)19-8-4-6-15-11-20-17-10-14(2)21-22(17)12-15/h3,5,7,9-12H,4,6,8H2,1-2H3,(H,19,23). The maximum atomic E-state index is 12.0. The first-order valence-electron chi connectivity index (χ1n) is 7.77. The molecule has 0 aliphatic heterocycles. The Labute approximate surface area is 135 Å². The van der Waals surface area contributed by atoms with Crippen molar-refractivity contribution in [2.24, 2.45) is 0 Å². The summed E-state index contributed by atoms with van der Waals surface area (Å²) in [4.78, 5) is 16.4. The summed E-state index contributed by atoms with van der Waals surface area (Å²) < 4.78 is 1.80. The minimum absolute atomic E-state index is 0.0232. The van der Waals surface area contributed by atoms with Gasteiger partial charge in [0.2, 0.25) is 0 Å². The largest absolute Gasteiger partial charge is 0.352 e. The number of nitrogens with zero attached hydrogens (tertiary/aromatic N) is 3. The summed E-state index contributed by atoms with van der Waals surface area (Å²) in [6, 6.07) is 9.56. The number of rotatable bonds is 5. The van der Waals surface area contributed by atoms with Crippen LogP contribution in [0.3, 0.4) is 0 Å².